The standard InChI is InChI=1S/C35H38F2N6O2/c1-5-7-27-29-32(30(37)31(39-27)25-15-23(44)14-20-8-11-26(36)24(6-2)28(20)25)40-34(45-19-35(12-13-35)18-42(3)4)41-33(29)43-16-21-9-10-22(17-43)38-21/h8,11,14-15,21-22,38,44H,6,9-10,12-13,16-19H2,1-4H3/t21-,22+. The molecule has 234 valence electrons. The van der Waals surface area contributed by atoms with Crippen molar-refractivity contribution < 1.29 is 18.6 Å². The lowest BCUT2D eigenvalue weighted by Crippen LogP contribution is -2.51. The number of rotatable bonds is 8. The first-order valence-corrected chi connectivity index (χ1v) is 15.8. The highest BCUT2D eigenvalue weighted by Gasteiger charge is 2.44. The molecule has 3 fully saturated rings. The maximum Gasteiger partial charge on any atom is 0.319 e. The number of nitrogens with zero attached hydrogens (tertiary/aromatic N) is 5. The van der Waals surface area contributed by atoms with Gasteiger partial charge in [0, 0.05) is 42.7 Å². The van der Waals surface area contributed by atoms with Crippen LogP contribution in [0.4, 0.5) is 14.6 Å². The number of halogens is 2. The van der Waals surface area contributed by atoms with Crippen LogP contribution in [0.2, 0.25) is 0 Å². The Morgan fingerprint density at radius 3 is 2.51 bits per heavy atom. The average Bonchev–Trinajstić information content (AvgIpc) is 3.69. The Labute approximate surface area is 261 Å². The molecule has 10 heteroatoms. The summed E-state index contributed by atoms with van der Waals surface area (Å²) in [5.74, 6) is 5.42. The number of aryl methyl sites for hydroxylation is 1. The zero-order valence-electron chi connectivity index (χ0n) is 26.2. The second kappa shape index (κ2) is 11.4. The number of phenolic OH excluding ortho intramolecular Hbond substituents is 1. The highest BCUT2D eigenvalue weighted by atomic mass is 19.1. The fourth-order valence-electron chi connectivity index (χ4n) is 7.23. The number of nitrogens with one attached hydrogen (secondary N) is 1. The van der Waals surface area contributed by atoms with Crippen LogP contribution in [0.5, 0.6) is 11.8 Å². The van der Waals surface area contributed by atoms with Gasteiger partial charge in [-0.2, -0.15) is 9.97 Å². The van der Waals surface area contributed by atoms with Crippen molar-refractivity contribution >= 4 is 27.5 Å². The fraction of sp³-hybridized carbons (Fsp3) is 0.457. The van der Waals surface area contributed by atoms with Gasteiger partial charge in [-0.05, 0) is 93.6 Å². The molecule has 2 atom stereocenters. The Balaban J connectivity index is 1.46. The highest BCUT2D eigenvalue weighted by molar-refractivity contribution is 6.03. The van der Waals surface area contributed by atoms with Crippen molar-refractivity contribution in [3.8, 4) is 34.9 Å². The summed E-state index contributed by atoms with van der Waals surface area (Å²) < 4.78 is 38.4. The molecule has 2 aromatic carbocycles. The predicted molar refractivity (Wildman–Crippen MR) is 172 cm³/mol. The third kappa shape index (κ3) is 5.42. The van der Waals surface area contributed by atoms with E-state index >= 15 is 8.78 Å². The number of piperazine rings is 1. The average molecular weight is 613 g/mol. The van der Waals surface area contributed by atoms with Crippen molar-refractivity contribution in [2.24, 2.45) is 5.41 Å². The Kier molecular flexibility index (Phi) is 7.49. The zero-order valence-corrected chi connectivity index (χ0v) is 26.2. The van der Waals surface area contributed by atoms with Gasteiger partial charge in [0.25, 0.3) is 0 Å². The van der Waals surface area contributed by atoms with Gasteiger partial charge < -0.3 is 25.0 Å². The molecule has 2 N–H and O–H groups in total. The van der Waals surface area contributed by atoms with Crippen LogP contribution in [0.25, 0.3) is 32.9 Å². The van der Waals surface area contributed by atoms with Crippen LogP contribution < -0.4 is 15.0 Å². The van der Waals surface area contributed by atoms with E-state index in [1.165, 1.54) is 12.1 Å². The molecule has 4 aromatic rings. The van der Waals surface area contributed by atoms with E-state index in [9.17, 15) is 5.11 Å². The summed E-state index contributed by atoms with van der Waals surface area (Å²) in [6, 6.07) is 6.68. The largest absolute Gasteiger partial charge is 0.508 e. The minimum absolute atomic E-state index is 0.0258. The van der Waals surface area contributed by atoms with Crippen molar-refractivity contribution in [1.82, 2.24) is 25.2 Å². The molecule has 1 aliphatic carbocycles. The van der Waals surface area contributed by atoms with Crippen LogP contribution in [0.3, 0.4) is 0 Å². The van der Waals surface area contributed by atoms with E-state index in [-0.39, 0.29) is 33.9 Å². The number of phenols is 1. The number of benzene rings is 2. The predicted octanol–water partition coefficient (Wildman–Crippen LogP) is 5.42. The quantitative estimate of drug-likeness (QED) is 0.255. The molecule has 0 radical (unpaired) electrons. The molecule has 8 nitrogen and oxygen atoms in total. The van der Waals surface area contributed by atoms with Crippen molar-refractivity contribution in [1.29, 1.82) is 0 Å². The van der Waals surface area contributed by atoms with Gasteiger partial charge in [0.05, 0.1) is 12.0 Å². The van der Waals surface area contributed by atoms with Gasteiger partial charge in [0.1, 0.15) is 34.3 Å². The molecular formula is C35H38F2N6O2. The lowest BCUT2D eigenvalue weighted by molar-refractivity contribution is 0.183. The Bertz CT molecular complexity index is 1870. The molecule has 1 saturated carbocycles. The summed E-state index contributed by atoms with van der Waals surface area (Å²) >= 11 is 0. The molecule has 2 aliphatic heterocycles. The number of hydrogen-bond acceptors (Lipinski definition) is 8. The van der Waals surface area contributed by atoms with Crippen LogP contribution in [-0.4, -0.2) is 77.4 Å². The van der Waals surface area contributed by atoms with Gasteiger partial charge in [-0.25, -0.2) is 13.8 Å². The fourth-order valence-corrected chi connectivity index (χ4v) is 7.23. The first-order chi connectivity index (χ1) is 21.7. The molecular weight excluding hydrogens is 574 g/mol. The molecule has 0 unspecified atom stereocenters. The Morgan fingerprint density at radius 2 is 1.84 bits per heavy atom. The van der Waals surface area contributed by atoms with Gasteiger partial charge in [-0.3, -0.25) is 0 Å². The second-order valence-corrected chi connectivity index (χ2v) is 13.1. The maximum atomic E-state index is 17.1. The molecule has 2 saturated heterocycles. The van der Waals surface area contributed by atoms with Crippen LogP contribution in [0.15, 0.2) is 24.3 Å². The van der Waals surface area contributed by atoms with Gasteiger partial charge in [-0.15, -0.1) is 0 Å². The Hall–Kier alpha value is -4.07. The lowest BCUT2D eigenvalue weighted by atomic mass is 9.94. The highest BCUT2D eigenvalue weighted by Crippen LogP contribution is 2.46. The summed E-state index contributed by atoms with van der Waals surface area (Å²) in [7, 11) is 4.09. The number of aromatic nitrogens is 3. The lowest BCUT2D eigenvalue weighted by Gasteiger charge is -2.34. The van der Waals surface area contributed by atoms with E-state index in [1.54, 1.807) is 19.1 Å². The molecule has 3 aliphatic rings. The molecule has 0 spiro atoms. The molecule has 7 rings (SSSR count). The number of hydrogen-bond donors (Lipinski definition) is 2. The molecule has 2 aromatic heterocycles. The third-order valence-corrected chi connectivity index (χ3v) is 9.38. The summed E-state index contributed by atoms with van der Waals surface area (Å²) in [5.41, 5.74) is 1.05. The molecule has 45 heavy (non-hydrogen) atoms. The van der Waals surface area contributed by atoms with Gasteiger partial charge in [0.15, 0.2) is 5.82 Å². The molecule has 2 bridgehead atoms. The Morgan fingerprint density at radius 1 is 1.09 bits per heavy atom. The van der Waals surface area contributed by atoms with Crippen molar-refractivity contribution in [3.05, 3.63) is 47.2 Å². The van der Waals surface area contributed by atoms with E-state index in [1.807, 2.05) is 21.0 Å². The summed E-state index contributed by atoms with van der Waals surface area (Å²) in [5, 5.41) is 15.8. The zero-order chi connectivity index (χ0) is 31.5. The van der Waals surface area contributed by atoms with Crippen LogP contribution in [0.1, 0.15) is 50.8 Å². The molecule has 4 heterocycles. The monoisotopic (exact) mass is 612 g/mol. The van der Waals surface area contributed by atoms with E-state index in [4.69, 9.17) is 14.7 Å². The van der Waals surface area contributed by atoms with Crippen LogP contribution >= 0.6 is 0 Å². The van der Waals surface area contributed by atoms with Gasteiger partial charge in [-0.1, -0.05) is 18.9 Å². The van der Waals surface area contributed by atoms with Crippen molar-refractivity contribution in [3.63, 3.8) is 0 Å². The van der Waals surface area contributed by atoms with Crippen molar-refractivity contribution in [2.75, 3.05) is 45.2 Å². The normalized spacial score (nSPS) is 20.1. The van der Waals surface area contributed by atoms with Crippen LogP contribution in [-0.2, 0) is 6.42 Å². The minimum Gasteiger partial charge on any atom is -0.508 e. The number of fused-ring (bicyclic) bond motifs is 4. The number of pyridine rings is 1. The maximum absolute atomic E-state index is 17.1. The minimum atomic E-state index is -0.689. The number of aromatic hydroxyl groups is 1. The van der Waals surface area contributed by atoms with E-state index in [2.05, 4.69) is 31.9 Å². The van der Waals surface area contributed by atoms with Crippen LogP contribution in [0, 0.1) is 28.9 Å². The molecule has 0 amide bonds. The van der Waals surface area contributed by atoms with Gasteiger partial charge >= 0.3 is 6.01 Å². The summed E-state index contributed by atoms with van der Waals surface area (Å²) in [6.07, 6.45) is 4.61. The summed E-state index contributed by atoms with van der Waals surface area (Å²) in [6.45, 7) is 6.29. The first-order valence-electron chi connectivity index (χ1n) is 15.8. The first kappa shape index (κ1) is 29.6. The van der Waals surface area contributed by atoms with Crippen molar-refractivity contribution in [2.45, 2.75) is 58.0 Å². The summed E-state index contributed by atoms with van der Waals surface area (Å²) in [4.78, 5) is 18.7. The number of ether oxygens (including phenoxy) is 1. The van der Waals surface area contributed by atoms with E-state index in [0.29, 0.717) is 71.4 Å². The topological polar surface area (TPSA) is 86.6 Å². The SMILES string of the molecule is CC#Cc1nc(-c2cc(O)cc3ccc(F)c(CC)c23)c(F)c2nc(OCC3(CN(C)C)CC3)nc(N3C[C@H]4CC[C@@H](C3)N4)c12. The number of anilines is 1. The van der Waals surface area contributed by atoms with Gasteiger partial charge in [0.2, 0.25) is 0 Å². The van der Waals surface area contributed by atoms with E-state index in [0.717, 1.165) is 32.2 Å². The second-order valence-electron chi connectivity index (χ2n) is 13.1. The smallest absolute Gasteiger partial charge is 0.319 e. The van der Waals surface area contributed by atoms with E-state index < -0.39 is 11.6 Å². The third-order valence-electron chi connectivity index (χ3n) is 9.38.